The Hall–Kier alpha value is -0.650. The van der Waals surface area contributed by atoms with Gasteiger partial charge in [0.15, 0.2) is 11.9 Å². The smallest absolute Gasteiger partial charge is 0.332 e. The number of rotatable bonds is 3. The number of hydrogen-bond donors (Lipinski definition) is 2. The van der Waals surface area contributed by atoms with E-state index in [9.17, 15) is 4.79 Å². The fourth-order valence-corrected chi connectivity index (χ4v) is 1.23. The molecule has 0 aromatic carbocycles. The number of ether oxygens (including phenoxy) is 2. The standard InChI is InChI=1S/C8H14O5/c1-8(2)12-4-5(13-8)3-6(9)7(10)11/h5-6,9H,3-4H2,1-2H3,(H,10,11)/t5?,6-/m1/s1. The van der Waals surface area contributed by atoms with Gasteiger partial charge >= 0.3 is 5.97 Å². The normalized spacial score (nSPS) is 28.7. The molecule has 0 aromatic rings. The molecule has 1 saturated heterocycles. The van der Waals surface area contributed by atoms with Crippen LogP contribution in [0.25, 0.3) is 0 Å². The van der Waals surface area contributed by atoms with Crippen molar-refractivity contribution >= 4 is 5.97 Å². The third-order valence-electron chi connectivity index (χ3n) is 1.84. The summed E-state index contributed by atoms with van der Waals surface area (Å²) in [7, 11) is 0. The minimum Gasteiger partial charge on any atom is -0.479 e. The first-order valence-corrected chi connectivity index (χ1v) is 4.13. The van der Waals surface area contributed by atoms with Crippen LogP contribution in [0.5, 0.6) is 0 Å². The monoisotopic (exact) mass is 190 g/mol. The van der Waals surface area contributed by atoms with E-state index in [1.165, 1.54) is 0 Å². The van der Waals surface area contributed by atoms with E-state index in [2.05, 4.69) is 0 Å². The summed E-state index contributed by atoms with van der Waals surface area (Å²) in [5.74, 6) is -1.89. The predicted octanol–water partition coefficient (Wildman–Crippen LogP) is -0.0265. The first-order valence-electron chi connectivity index (χ1n) is 4.13. The number of aliphatic carboxylic acids is 1. The highest BCUT2D eigenvalue weighted by Crippen LogP contribution is 2.24. The molecule has 0 radical (unpaired) electrons. The summed E-state index contributed by atoms with van der Waals surface area (Å²) < 4.78 is 10.5. The first-order chi connectivity index (χ1) is 5.91. The minimum absolute atomic E-state index is 0.0682. The summed E-state index contributed by atoms with van der Waals surface area (Å²) in [6, 6.07) is 0. The molecule has 1 heterocycles. The van der Waals surface area contributed by atoms with Gasteiger partial charge in [0, 0.05) is 6.42 Å². The van der Waals surface area contributed by atoms with Crippen molar-refractivity contribution < 1.29 is 24.5 Å². The van der Waals surface area contributed by atoms with Crippen molar-refractivity contribution in [3.05, 3.63) is 0 Å². The summed E-state index contributed by atoms with van der Waals surface area (Å²) in [4.78, 5) is 10.3. The fourth-order valence-electron chi connectivity index (χ4n) is 1.23. The van der Waals surface area contributed by atoms with Gasteiger partial charge in [0.05, 0.1) is 12.7 Å². The molecular formula is C8H14O5. The van der Waals surface area contributed by atoms with Gasteiger partial charge < -0.3 is 19.7 Å². The Morgan fingerprint density at radius 2 is 2.31 bits per heavy atom. The second kappa shape index (κ2) is 3.61. The van der Waals surface area contributed by atoms with Crippen molar-refractivity contribution in [2.24, 2.45) is 0 Å². The second-order valence-corrected chi connectivity index (χ2v) is 3.54. The molecule has 5 nitrogen and oxygen atoms in total. The van der Waals surface area contributed by atoms with E-state index in [-0.39, 0.29) is 12.5 Å². The minimum atomic E-state index is -1.37. The largest absolute Gasteiger partial charge is 0.479 e. The lowest BCUT2D eigenvalue weighted by Crippen LogP contribution is -2.28. The Morgan fingerprint density at radius 3 is 2.69 bits per heavy atom. The van der Waals surface area contributed by atoms with Crippen LogP contribution in [-0.2, 0) is 14.3 Å². The van der Waals surface area contributed by atoms with E-state index in [0.29, 0.717) is 6.61 Å². The number of carboxylic acid groups (broad SMARTS) is 1. The van der Waals surface area contributed by atoms with E-state index in [1.807, 2.05) is 0 Å². The maximum Gasteiger partial charge on any atom is 0.332 e. The van der Waals surface area contributed by atoms with Crippen LogP contribution in [0, 0.1) is 0 Å². The Kier molecular flexibility index (Phi) is 2.90. The van der Waals surface area contributed by atoms with Gasteiger partial charge in [-0.25, -0.2) is 4.79 Å². The zero-order valence-electron chi connectivity index (χ0n) is 7.69. The summed E-state index contributed by atoms with van der Waals surface area (Å²) in [6.07, 6.45) is -1.64. The van der Waals surface area contributed by atoms with Crippen LogP contribution in [0.1, 0.15) is 20.3 Å². The van der Waals surface area contributed by atoms with E-state index in [1.54, 1.807) is 13.8 Å². The molecule has 0 spiro atoms. The lowest BCUT2D eigenvalue weighted by atomic mass is 10.2. The van der Waals surface area contributed by atoms with Crippen LogP contribution in [0.15, 0.2) is 0 Å². The van der Waals surface area contributed by atoms with Crippen molar-refractivity contribution in [1.29, 1.82) is 0 Å². The molecular weight excluding hydrogens is 176 g/mol. The van der Waals surface area contributed by atoms with E-state index < -0.39 is 17.9 Å². The van der Waals surface area contributed by atoms with Crippen molar-refractivity contribution in [2.75, 3.05) is 6.61 Å². The lowest BCUT2D eigenvalue weighted by Gasteiger charge is -2.17. The molecule has 2 atom stereocenters. The average Bonchev–Trinajstić information content (AvgIpc) is 2.30. The van der Waals surface area contributed by atoms with Gasteiger partial charge in [-0.3, -0.25) is 0 Å². The Bertz CT molecular complexity index is 201. The highest BCUT2D eigenvalue weighted by Gasteiger charge is 2.34. The molecule has 1 unspecified atom stereocenters. The number of aliphatic hydroxyl groups excluding tert-OH is 1. The zero-order chi connectivity index (χ0) is 10.1. The number of hydrogen-bond acceptors (Lipinski definition) is 4. The molecule has 1 fully saturated rings. The Morgan fingerprint density at radius 1 is 1.69 bits per heavy atom. The second-order valence-electron chi connectivity index (χ2n) is 3.54. The van der Waals surface area contributed by atoms with Gasteiger partial charge in [-0.15, -0.1) is 0 Å². The third kappa shape index (κ3) is 2.95. The van der Waals surface area contributed by atoms with Crippen LogP contribution >= 0.6 is 0 Å². The maximum absolute atomic E-state index is 10.3. The molecule has 1 aliphatic rings. The Balaban J connectivity index is 2.36. The highest BCUT2D eigenvalue weighted by atomic mass is 16.7. The highest BCUT2D eigenvalue weighted by molar-refractivity contribution is 5.71. The molecule has 0 amide bonds. The van der Waals surface area contributed by atoms with Crippen molar-refractivity contribution in [2.45, 2.75) is 38.3 Å². The van der Waals surface area contributed by atoms with E-state index in [0.717, 1.165) is 0 Å². The first kappa shape index (κ1) is 10.4. The molecule has 0 aromatic heterocycles. The van der Waals surface area contributed by atoms with Gasteiger partial charge in [0.1, 0.15) is 0 Å². The van der Waals surface area contributed by atoms with E-state index >= 15 is 0 Å². The van der Waals surface area contributed by atoms with E-state index in [4.69, 9.17) is 19.7 Å². The SMILES string of the molecule is CC1(C)OCC(C[C@@H](O)C(=O)O)O1. The predicted molar refractivity (Wildman–Crippen MR) is 43.2 cm³/mol. The van der Waals surface area contributed by atoms with Gasteiger partial charge in [0.2, 0.25) is 0 Å². The van der Waals surface area contributed by atoms with Crippen molar-refractivity contribution in [1.82, 2.24) is 0 Å². The molecule has 13 heavy (non-hydrogen) atoms. The summed E-state index contributed by atoms with van der Waals surface area (Å²) in [5.41, 5.74) is 0. The number of carbonyl (C=O) groups is 1. The number of aliphatic hydroxyl groups is 1. The molecule has 0 bridgehead atoms. The van der Waals surface area contributed by atoms with Crippen LogP contribution in [0.3, 0.4) is 0 Å². The van der Waals surface area contributed by atoms with Crippen molar-refractivity contribution in [3.63, 3.8) is 0 Å². The van der Waals surface area contributed by atoms with Crippen LogP contribution in [0.2, 0.25) is 0 Å². The summed E-state index contributed by atoms with van der Waals surface area (Å²) in [6.45, 7) is 3.83. The molecule has 1 rings (SSSR count). The van der Waals surface area contributed by atoms with Crippen LogP contribution in [0.4, 0.5) is 0 Å². The summed E-state index contributed by atoms with van der Waals surface area (Å²) in [5, 5.41) is 17.4. The molecule has 76 valence electrons. The average molecular weight is 190 g/mol. The van der Waals surface area contributed by atoms with Gasteiger partial charge in [0.25, 0.3) is 0 Å². The number of carboxylic acids is 1. The quantitative estimate of drug-likeness (QED) is 0.653. The maximum atomic E-state index is 10.3. The topological polar surface area (TPSA) is 76.0 Å². The lowest BCUT2D eigenvalue weighted by molar-refractivity contribution is -0.154. The molecule has 0 saturated carbocycles. The van der Waals surface area contributed by atoms with Crippen molar-refractivity contribution in [3.8, 4) is 0 Å². The fraction of sp³-hybridized carbons (Fsp3) is 0.875. The van der Waals surface area contributed by atoms with Gasteiger partial charge in [-0.05, 0) is 13.8 Å². The zero-order valence-corrected chi connectivity index (χ0v) is 7.69. The Labute approximate surface area is 76.3 Å². The van der Waals surface area contributed by atoms with Gasteiger partial charge in [-0.2, -0.15) is 0 Å². The molecule has 1 aliphatic heterocycles. The van der Waals surface area contributed by atoms with Crippen LogP contribution in [-0.4, -0.2) is 40.8 Å². The summed E-state index contributed by atoms with van der Waals surface area (Å²) >= 11 is 0. The molecule has 0 aliphatic carbocycles. The van der Waals surface area contributed by atoms with Crippen LogP contribution < -0.4 is 0 Å². The third-order valence-corrected chi connectivity index (χ3v) is 1.84. The van der Waals surface area contributed by atoms with Gasteiger partial charge in [-0.1, -0.05) is 0 Å². The molecule has 5 heteroatoms. The molecule has 2 N–H and O–H groups in total.